The summed E-state index contributed by atoms with van der Waals surface area (Å²) >= 11 is 1.40. The Balaban J connectivity index is 2.93. The molecule has 0 radical (unpaired) electrons. The Morgan fingerprint density at radius 3 is 2.44 bits per heavy atom. The van der Waals surface area contributed by atoms with Crippen molar-refractivity contribution in [3.63, 3.8) is 0 Å². The zero-order valence-electron chi connectivity index (χ0n) is 9.13. The van der Waals surface area contributed by atoms with E-state index in [1.807, 2.05) is 6.26 Å². The fourth-order valence-electron chi connectivity index (χ4n) is 1.27. The first-order valence-electron chi connectivity index (χ1n) is 4.86. The van der Waals surface area contributed by atoms with Gasteiger partial charge < -0.3 is 20.8 Å². The van der Waals surface area contributed by atoms with Crippen molar-refractivity contribution in [2.24, 2.45) is 0 Å². The average Bonchev–Trinajstić information content (AvgIpc) is 2.28. The number of nitrogen functional groups attached to an aromatic ring is 1. The third kappa shape index (κ3) is 3.51. The Hall–Kier alpha value is -1.05. The van der Waals surface area contributed by atoms with Crippen molar-refractivity contribution in [1.29, 1.82) is 0 Å². The molecule has 1 rings (SSSR count). The molecule has 0 atom stereocenters. The van der Waals surface area contributed by atoms with E-state index in [9.17, 15) is 0 Å². The Kier molecular flexibility index (Phi) is 5.30. The lowest BCUT2D eigenvalue weighted by atomic mass is 10.4. The van der Waals surface area contributed by atoms with Gasteiger partial charge in [0, 0.05) is 19.2 Å². The van der Waals surface area contributed by atoms with Crippen LogP contribution >= 0.6 is 11.8 Å². The van der Waals surface area contributed by atoms with Crippen LogP contribution in [0.25, 0.3) is 0 Å². The van der Waals surface area contributed by atoms with Crippen LogP contribution in [-0.2, 0) is 0 Å². The molecule has 0 saturated carbocycles. The molecule has 90 valence electrons. The van der Waals surface area contributed by atoms with E-state index in [1.54, 1.807) is 11.0 Å². The maximum atomic E-state index is 8.92. The number of rotatable bonds is 6. The predicted molar refractivity (Wildman–Crippen MR) is 64.6 cm³/mol. The summed E-state index contributed by atoms with van der Waals surface area (Å²) in [4.78, 5) is 10.1. The van der Waals surface area contributed by atoms with Gasteiger partial charge in [-0.05, 0) is 6.26 Å². The zero-order valence-corrected chi connectivity index (χ0v) is 9.94. The van der Waals surface area contributed by atoms with E-state index < -0.39 is 0 Å². The molecule has 6 nitrogen and oxygen atoms in total. The van der Waals surface area contributed by atoms with E-state index in [0.29, 0.717) is 29.9 Å². The molecule has 0 aliphatic carbocycles. The molecule has 0 fully saturated rings. The molecule has 1 aromatic heterocycles. The van der Waals surface area contributed by atoms with Crippen molar-refractivity contribution in [3.05, 3.63) is 6.07 Å². The highest BCUT2D eigenvalue weighted by Crippen LogP contribution is 2.18. The minimum absolute atomic E-state index is 0.00148. The van der Waals surface area contributed by atoms with Gasteiger partial charge in [-0.25, -0.2) is 9.97 Å². The molecule has 16 heavy (non-hydrogen) atoms. The third-order valence-corrected chi connectivity index (χ3v) is 2.51. The summed E-state index contributed by atoms with van der Waals surface area (Å²) in [5, 5.41) is 18.4. The van der Waals surface area contributed by atoms with Gasteiger partial charge in [0.25, 0.3) is 0 Å². The van der Waals surface area contributed by atoms with E-state index >= 15 is 0 Å². The minimum Gasteiger partial charge on any atom is -0.395 e. The number of anilines is 2. The van der Waals surface area contributed by atoms with Crippen molar-refractivity contribution in [2.75, 3.05) is 43.2 Å². The summed E-state index contributed by atoms with van der Waals surface area (Å²) in [6.45, 7) is 0.812. The average molecular weight is 244 g/mol. The standard InChI is InChI=1S/C9H16N4O2S/c1-16-9-11-7(10)6-8(12-9)13(2-4-14)3-5-15/h6,14-15H,2-5H2,1H3,(H2,10,11,12). The second-order valence-electron chi connectivity index (χ2n) is 3.07. The quantitative estimate of drug-likeness (QED) is 0.461. The van der Waals surface area contributed by atoms with Gasteiger partial charge in [-0.3, -0.25) is 0 Å². The first-order valence-corrected chi connectivity index (χ1v) is 6.09. The molecule has 1 heterocycles. The summed E-state index contributed by atoms with van der Waals surface area (Å²) in [6, 6.07) is 1.63. The van der Waals surface area contributed by atoms with Gasteiger partial charge in [-0.1, -0.05) is 11.8 Å². The van der Waals surface area contributed by atoms with Gasteiger partial charge in [-0.15, -0.1) is 0 Å². The topological polar surface area (TPSA) is 95.5 Å². The number of aromatic nitrogens is 2. The monoisotopic (exact) mass is 244 g/mol. The normalized spacial score (nSPS) is 10.4. The molecule has 0 saturated heterocycles. The summed E-state index contributed by atoms with van der Waals surface area (Å²) in [7, 11) is 0. The van der Waals surface area contributed by atoms with Crippen molar-refractivity contribution >= 4 is 23.4 Å². The minimum atomic E-state index is -0.00148. The van der Waals surface area contributed by atoms with E-state index in [4.69, 9.17) is 15.9 Å². The molecule has 0 aliphatic heterocycles. The molecule has 0 unspecified atom stereocenters. The Labute approximate surface area is 98.5 Å². The maximum Gasteiger partial charge on any atom is 0.191 e. The Morgan fingerprint density at radius 1 is 1.31 bits per heavy atom. The lowest BCUT2D eigenvalue weighted by Gasteiger charge is -2.22. The van der Waals surface area contributed by atoms with Gasteiger partial charge in [-0.2, -0.15) is 0 Å². The number of thioether (sulfide) groups is 1. The van der Waals surface area contributed by atoms with Gasteiger partial charge in [0.15, 0.2) is 5.16 Å². The molecular formula is C9H16N4O2S. The van der Waals surface area contributed by atoms with Crippen LogP contribution in [0.15, 0.2) is 11.2 Å². The van der Waals surface area contributed by atoms with Crippen molar-refractivity contribution < 1.29 is 10.2 Å². The fourth-order valence-corrected chi connectivity index (χ4v) is 1.65. The highest BCUT2D eigenvalue weighted by molar-refractivity contribution is 7.98. The van der Waals surface area contributed by atoms with E-state index in [2.05, 4.69) is 9.97 Å². The van der Waals surface area contributed by atoms with E-state index in [0.717, 1.165) is 0 Å². The molecule has 0 amide bonds. The van der Waals surface area contributed by atoms with E-state index in [1.165, 1.54) is 11.8 Å². The number of nitrogens with zero attached hydrogens (tertiary/aromatic N) is 3. The highest BCUT2D eigenvalue weighted by atomic mass is 32.2. The molecule has 7 heteroatoms. The number of hydrogen-bond acceptors (Lipinski definition) is 7. The summed E-state index contributed by atoms with van der Waals surface area (Å²) in [6.07, 6.45) is 1.86. The molecule has 1 aromatic rings. The second kappa shape index (κ2) is 6.51. The number of aliphatic hydroxyl groups excluding tert-OH is 2. The summed E-state index contributed by atoms with van der Waals surface area (Å²) in [5.74, 6) is 1.01. The van der Waals surface area contributed by atoms with Gasteiger partial charge in [0.2, 0.25) is 0 Å². The van der Waals surface area contributed by atoms with Crippen LogP contribution in [0.3, 0.4) is 0 Å². The van der Waals surface area contributed by atoms with Crippen LogP contribution in [-0.4, -0.2) is 52.7 Å². The van der Waals surface area contributed by atoms with Crippen LogP contribution in [0, 0.1) is 0 Å². The number of aliphatic hydroxyl groups is 2. The summed E-state index contributed by atoms with van der Waals surface area (Å²) < 4.78 is 0. The zero-order chi connectivity index (χ0) is 12.0. The van der Waals surface area contributed by atoms with Crippen molar-refractivity contribution in [3.8, 4) is 0 Å². The molecule has 4 N–H and O–H groups in total. The van der Waals surface area contributed by atoms with Gasteiger partial charge in [0.1, 0.15) is 11.6 Å². The number of hydrogen-bond donors (Lipinski definition) is 3. The van der Waals surface area contributed by atoms with Gasteiger partial charge in [0.05, 0.1) is 13.2 Å². The van der Waals surface area contributed by atoms with E-state index in [-0.39, 0.29) is 13.2 Å². The molecule has 0 aliphatic rings. The first kappa shape index (κ1) is 13.0. The van der Waals surface area contributed by atoms with Crippen LogP contribution in [0.1, 0.15) is 0 Å². The largest absolute Gasteiger partial charge is 0.395 e. The lowest BCUT2D eigenvalue weighted by Crippen LogP contribution is -2.30. The first-order chi connectivity index (χ1) is 7.71. The lowest BCUT2D eigenvalue weighted by molar-refractivity contribution is 0.280. The Morgan fingerprint density at radius 2 is 1.94 bits per heavy atom. The fraction of sp³-hybridized carbons (Fsp3) is 0.556. The SMILES string of the molecule is CSc1nc(N)cc(N(CCO)CCO)n1. The molecule has 0 bridgehead atoms. The van der Waals surface area contributed by atoms with Crippen LogP contribution in [0.5, 0.6) is 0 Å². The maximum absolute atomic E-state index is 8.92. The van der Waals surface area contributed by atoms with Crippen molar-refractivity contribution in [1.82, 2.24) is 9.97 Å². The van der Waals surface area contributed by atoms with Crippen LogP contribution in [0.2, 0.25) is 0 Å². The Bertz CT molecular complexity index is 331. The third-order valence-electron chi connectivity index (χ3n) is 1.96. The molecule has 0 spiro atoms. The smallest absolute Gasteiger partial charge is 0.191 e. The molecule has 0 aromatic carbocycles. The van der Waals surface area contributed by atoms with Crippen molar-refractivity contribution in [2.45, 2.75) is 5.16 Å². The second-order valence-corrected chi connectivity index (χ2v) is 3.85. The van der Waals surface area contributed by atoms with Gasteiger partial charge >= 0.3 is 0 Å². The van der Waals surface area contributed by atoms with Crippen LogP contribution in [0.4, 0.5) is 11.6 Å². The van der Waals surface area contributed by atoms with Crippen LogP contribution < -0.4 is 10.6 Å². The highest BCUT2D eigenvalue weighted by Gasteiger charge is 2.09. The molecular weight excluding hydrogens is 228 g/mol. The number of nitrogens with two attached hydrogens (primary N) is 1. The predicted octanol–water partition coefficient (Wildman–Crippen LogP) is -0.428. The summed E-state index contributed by atoms with van der Waals surface area (Å²) in [5.41, 5.74) is 5.65.